The number of carbonyl (C=O) groups is 1. The molecule has 0 bridgehead atoms. The van der Waals surface area contributed by atoms with E-state index in [4.69, 9.17) is 4.74 Å². The number of hydrogen-bond acceptors (Lipinski definition) is 4. The van der Waals surface area contributed by atoms with Crippen LogP contribution in [0.25, 0.3) is 0 Å². The van der Waals surface area contributed by atoms with E-state index in [2.05, 4.69) is 12.1 Å². The van der Waals surface area contributed by atoms with Gasteiger partial charge in [-0.15, -0.1) is 23.5 Å². The Morgan fingerprint density at radius 2 is 1.71 bits per heavy atom. The molecule has 5 heteroatoms. The van der Waals surface area contributed by atoms with Crippen molar-refractivity contribution in [2.75, 3.05) is 23.5 Å². The zero-order valence-corrected chi connectivity index (χ0v) is 15.1. The smallest absolute Gasteiger partial charge is 0.256 e. The number of methoxy groups -OCH3 is 1. The summed E-state index contributed by atoms with van der Waals surface area (Å²) in [4.78, 5) is 15.1. The molecule has 2 aromatic carbocycles. The fourth-order valence-electron chi connectivity index (χ4n) is 3.35. The molecule has 0 aliphatic carbocycles. The van der Waals surface area contributed by atoms with Crippen molar-refractivity contribution in [3.63, 3.8) is 0 Å². The number of carbonyl (C=O) groups excluding carboxylic acids is 1. The zero-order valence-electron chi connectivity index (χ0n) is 13.5. The Balaban J connectivity index is 1.75. The molecule has 0 N–H and O–H groups in total. The van der Waals surface area contributed by atoms with Gasteiger partial charge in [0.05, 0.1) is 13.2 Å². The lowest BCUT2D eigenvalue weighted by atomic mass is 9.91. The first kappa shape index (κ1) is 15.9. The monoisotopic (exact) mass is 357 g/mol. The molecule has 2 aromatic rings. The van der Waals surface area contributed by atoms with Crippen LogP contribution in [0.4, 0.5) is 5.69 Å². The van der Waals surface area contributed by atoms with Crippen molar-refractivity contribution in [1.29, 1.82) is 0 Å². The van der Waals surface area contributed by atoms with Crippen LogP contribution in [-0.2, 0) is 4.79 Å². The second kappa shape index (κ2) is 6.37. The van der Waals surface area contributed by atoms with E-state index in [1.54, 1.807) is 7.11 Å². The third-order valence-corrected chi connectivity index (χ3v) is 7.87. The predicted molar refractivity (Wildman–Crippen MR) is 102 cm³/mol. The third-order valence-electron chi connectivity index (χ3n) is 4.52. The lowest BCUT2D eigenvalue weighted by Gasteiger charge is -2.56. The number of benzene rings is 2. The second-order valence-corrected chi connectivity index (χ2v) is 8.84. The SMILES string of the molecule is COc1ccc(C2N(c3ccccc3)C(=O)C23SCCCS3)cc1. The van der Waals surface area contributed by atoms with Crippen LogP contribution >= 0.6 is 23.5 Å². The number of ether oxygens (including phenoxy) is 1. The van der Waals surface area contributed by atoms with Crippen LogP contribution in [0.3, 0.4) is 0 Å². The molecule has 124 valence electrons. The van der Waals surface area contributed by atoms with Crippen LogP contribution in [0, 0.1) is 0 Å². The van der Waals surface area contributed by atoms with Gasteiger partial charge in [0.2, 0.25) is 0 Å². The van der Waals surface area contributed by atoms with E-state index in [1.165, 1.54) is 12.0 Å². The van der Waals surface area contributed by atoms with Gasteiger partial charge in [0.25, 0.3) is 5.91 Å². The van der Waals surface area contributed by atoms with Gasteiger partial charge in [0.15, 0.2) is 4.08 Å². The fraction of sp³-hybridized carbons (Fsp3) is 0.316. The topological polar surface area (TPSA) is 29.5 Å². The molecule has 24 heavy (non-hydrogen) atoms. The average molecular weight is 358 g/mol. The van der Waals surface area contributed by atoms with Gasteiger partial charge in [-0.25, -0.2) is 0 Å². The van der Waals surface area contributed by atoms with Crippen LogP contribution in [-0.4, -0.2) is 28.6 Å². The molecule has 2 fully saturated rings. The summed E-state index contributed by atoms with van der Waals surface area (Å²) in [7, 11) is 1.67. The van der Waals surface area contributed by atoms with Crippen molar-refractivity contribution in [3.05, 3.63) is 60.2 Å². The Hall–Kier alpha value is -1.59. The highest BCUT2D eigenvalue weighted by Crippen LogP contribution is 2.61. The molecule has 1 amide bonds. The van der Waals surface area contributed by atoms with E-state index in [0.29, 0.717) is 0 Å². The normalized spacial score (nSPS) is 22.3. The van der Waals surface area contributed by atoms with Gasteiger partial charge in [-0.3, -0.25) is 4.79 Å². The number of para-hydroxylation sites is 1. The minimum atomic E-state index is -0.372. The summed E-state index contributed by atoms with van der Waals surface area (Å²) in [6.07, 6.45) is 1.17. The van der Waals surface area contributed by atoms with Gasteiger partial charge in [-0.1, -0.05) is 30.3 Å². The highest BCUT2D eigenvalue weighted by molar-refractivity contribution is 8.20. The van der Waals surface area contributed by atoms with E-state index in [1.807, 2.05) is 70.9 Å². The molecule has 0 radical (unpaired) electrons. The zero-order chi connectivity index (χ0) is 16.6. The lowest BCUT2D eigenvalue weighted by Crippen LogP contribution is -2.66. The van der Waals surface area contributed by atoms with Crippen molar-refractivity contribution in [2.45, 2.75) is 16.5 Å². The molecular formula is C19H19NO2S2. The molecule has 1 atom stereocenters. The van der Waals surface area contributed by atoms with E-state index in [0.717, 1.165) is 22.9 Å². The van der Waals surface area contributed by atoms with Gasteiger partial charge < -0.3 is 9.64 Å². The molecule has 2 saturated heterocycles. The van der Waals surface area contributed by atoms with Crippen LogP contribution in [0.15, 0.2) is 54.6 Å². The molecule has 1 spiro atoms. The lowest BCUT2D eigenvalue weighted by molar-refractivity contribution is -0.124. The maximum atomic E-state index is 13.1. The van der Waals surface area contributed by atoms with Crippen LogP contribution in [0.1, 0.15) is 18.0 Å². The maximum Gasteiger partial charge on any atom is 0.256 e. The predicted octanol–water partition coefficient (Wildman–Crippen LogP) is 4.35. The number of thioether (sulfide) groups is 2. The summed E-state index contributed by atoms with van der Waals surface area (Å²) in [6, 6.07) is 18.2. The summed E-state index contributed by atoms with van der Waals surface area (Å²) in [5.41, 5.74) is 2.14. The first-order valence-corrected chi connectivity index (χ1v) is 10.0. The van der Waals surface area contributed by atoms with Gasteiger partial charge in [0.1, 0.15) is 5.75 Å². The summed E-state index contributed by atoms with van der Waals surface area (Å²) in [5, 5.41) is 0. The summed E-state index contributed by atoms with van der Waals surface area (Å²) in [5.74, 6) is 3.17. The van der Waals surface area contributed by atoms with Crippen LogP contribution in [0.5, 0.6) is 5.75 Å². The number of amides is 1. The first-order chi connectivity index (χ1) is 11.8. The molecule has 2 aliphatic rings. The average Bonchev–Trinajstić information content (AvgIpc) is 2.67. The highest BCUT2D eigenvalue weighted by atomic mass is 32.2. The van der Waals surface area contributed by atoms with Crippen molar-refractivity contribution in [3.8, 4) is 5.75 Å². The standard InChI is InChI=1S/C19H19NO2S2/c1-22-16-10-8-14(9-11-16)17-19(23-12-5-13-24-19)18(21)20(17)15-6-3-2-4-7-15/h2-4,6-11,17H,5,12-13H2,1H3. The van der Waals surface area contributed by atoms with Gasteiger partial charge in [0, 0.05) is 5.69 Å². The quantitative estimate of drug-likeness (QED) is 0.764. The first-order valence-electron chi connectivity index (χ1n) is 8.07. The number of nitrogens with zero attached hydrogens (tertiary/aromatic N) is 1. The molecule has 0 saturated carbocycles. The molecule has 0 aromatic heterocycles. The number of β-lactam (4-membered cyclic amide) rings is 1. The fourth-order valence-corrected chi connectivity index (χ4v) is 6.79. The molecule has 1 unspecified atom stereocenters. The van der Waals surface area contributed by atoms with Crippen LogP contribution in [0.2, 0.25) is 0 Å². The van der Waals surface area contributed by atoms with E-state index in [-0.39, 0.29) is 16.0 Å². The highest BCUT2D eigenvalue weighted by Gasteiger charge is 2.63. The molecule has 3 nitrogen and oxygen atoms in total. The van der Waals surface area contributed by atoms with Gasteiger partial charge in [-0.2, -0.15) is 0 Å². The Morgan fingerprint density at radius 3 is 2.33 bits per heavy atom. The van der Waals surface area contributed by atoms with Crippen molar-refractivity contribution in [1.82, 2.24) is 0 Å². The largest absolute Gasteiger partial charge is 0.497 e. The molecule has 4 rings (SSSR count). The second-order valence-electron chi connectivity index (χ2n) is 5.90. The molecule has 2 aliphatic heterocycles. The van der Waals surface area contributed by atoms with Gasteiger partial charge in [-0.05, 0) is 47.8 Å². The Morgan fingerprint density at radius 1 is 1.04 bits per heavy atom. The van der Waals surface area contributed by atoms with Crippen molar-refractivity contribution in [2.24, 2.45) is 0 Å². The van der Waals surface area contributed by atoms with Crippen molar-refractivity contribution >= 4 is 35.1 Å². The van der Waals surface area contributed by atoms with Crippen LogP contribution < -0.4 is 9.64 Å². The summed E-state index contributed by atoms with van der Waals surface area (Å²) < 4.78 is 4.91. The van der Waals surface area contributed by atoms with Gasteiger partial charge >= 0.3 is 0 Å². The Bertz CT molecular complexity index is 727. The van der Waals surface area contributed by atoms with E-state index in [9.17, 15) is 4.79 Å². The Kier molecular flexibility index (Phi) is 4.22. The third kappa shape index (κ3) is 2.42. The minimum absolute atomic E-state index is 0.0635. The van der Waals surface area contributed by atoms with Crippen molar-refractivity contribution < 1.29 is 9.53 Å². The number of anilines is 1. The van der Waals surface area contributed by atoms with E-state index < -0.39 is 0 Å². The summed E-state index contributed by atoms with van der Waals surface area (Å²) >= 11 is 3.62. The Labute approximate surface area is 150 Å². The number of rotatable bonds is 3. The molecular weight excluding hydrogens is 338 g/mol. The van der Waals surface area contributed by atoms with E-state index >= 15 is 0 Å². The minimum Gasteiger partial charge on any atom is -0.497 e. The molecule has 2 heterocycles. The number of hydrogen-bond donors (Lipinski definition) is 0. The maximum absolute atomic E-state index is 13.1. The summed E-state index contributed by atoms with van der Waals surface area (Å²) in [6.45, 7) is 0.